The summed E-state index contributed by atoms with van der Waals surface area (Å²) in [5.41, 5.74) is 2.67. The highest BCUT2D eigenvalue weighted by Gasteiger charge is 2.03. The molecule has 0 aliphatic heterocycles. The third kappa shape index (κ3) is 3.13. The maximum absolute atomic E-state index is 13.2. The van der Waals surface area contributed by atoms with Crippen molar-refractivity contribution < 1.29 is 9.18 Å². The summed E-state index contributed by atoms with van der Waals surface area (Å²) in [5.74, 6) is 4.87. The minimum Gasteiger partial charge on any atom is -0.348 e. The van der Waals surface area contributed by atoms with Gasteiger partial charge in [-0.2, -0.15) is 0 Å². The number of nitrogens with one attached hydrogen (secondary N) is 1. The molecular weight excluding hydrogens is 277 g/mol. The van der Waals surface area contributed by atoms with Gasteiger partial charge < -0.3 is 4.98 Å². The Bertz CT molecular complexity index is 869. The average Bonchev–Trinajstić information content (AvgIpc) is 3.02. The van der Waals surface area contributed by atoms with Crippen LogP contribution >= 0.6 is 0 Å². The van der Waals surface area contributed by atoms with Crippen molar-refractivity contribution in [2.45, 2.75) is 0 Å². The van der Waals surface area contributed by atoms with Gasteiger partial charge in [0.1, 0.15) is 5.82 Å². The van der Waals surface area contributed by atoms with E-state index in [1.54, 1.807) is 42.5 Å². The Balaban J connectivity index is 1.81. The maximum atomic E-state index is 13.2. The molecule has 0 aliphatic rings. The van der Waals surface area contributed by atoms with E-state index in [0.29, 0.717) is 11.3 Å². The van der Waals surface area contributed by atoms with Crippen molar-refractivity contribution in [1.29, 1.82) is 0 Å². The lowest BCUT2D eigenvalue weighted by Crippen LogP contribution is -1.93. The van der Waals surface area contributed by atoms with E-state index in [4.69, 9.17) is 0 Å². The van der Waals surface area contributed by atoms with E-state index in [1.807, 2.05) is 12.1 Å². The molecule has 0 bridgehead atoms. The fourth-order valence-corrected chi connectivity index (χ4v) is 2.08. The third-order valence-electron chi connectivity index (χ3n) is 3.17. The van der Waals surface area contributed by atoms with Gasteiger partial charge in [-0.15, -0.1) is 0 Å². The van der Waals surface area contributed by atoms with Crippen LogP contribution in [0.3, 0.4) is 0 Å². The molecule has 1 heterocycles. The van der Waals surface area contributed by atoms with Crippen LogP contribution in [0, 0.1) is 17.7 Å². The van der Waals surface area contributed by atoms with Gasteiger partial charge in [0.2, 0.25) is 5.78 Å². The predicted molar refractivity (Wildman–Crippen MR) is 83.8 cm³/mol. The van der Waals surface area contributed by atoms with Crippen LogP contribution in [-0.4, -0.2) is 10.8 Å². The minimum absolute atomic E-state index is 0.234. The summed E-state index contributed by atoms with van der Waals surface area (Å²) >= 11 is 0. The lowest BCUT2D eigenvalue weighted by atomic mass is 10.1. The summed E-state index contributed by atoms with van der Waals surface area (Å²) < 4.78 is 13.2. The molecule has 1 aromatic heterocycles. The number of halogens is 1. The number of hydrogen-bond donors (Lipinski definition) is 1. The summed E-state index contributed by atoms with van der Waals surface area (Å²) in [6.07, 6.45) is 0. The number of aromatic nitrogens is 1. The van der Waals surface area contributed by atoms with Crippen molar-refractivity contribution in [2.24, 2.45) is 0 Å². The van der Waals surface area contributed by atoms with Crippen LogP contribution in [0.15, 0.2) is 66.7 Å². The van der Waals surface area contributed by atoms with Crippen molar-refractivity contribution >= 4 is 5.78 Å². The molecule has 2 aromatic carbocycles. The second-order valence-corrected chi connectivity index (χ2v) is 4.74. The Hall–Kier alpha value is -3.12. The molecule has 1 N–H and O–H groups in total. The van der Waals surface area contributed by atoms with Gasteiger partial charge in [-0.3, -0.25) is 4.79 Å². The fraction of sp³-hybridized carbons (Fsp3) is 0. The van der Waals surface area contributed by atoms with E-state index in [2.05, 4.69) is 16.8 Å². The van der Waals surface area contributed by atoms with Gasteiger partial charge in [0.25, 0.3) is 0 Å². The Kier molecular flexibility index (Phi) is 3.84. The average molecular weight is 289 g/mol. The molecule has 0 saturated carbocycles. The maximum Gasteiger partial charge on any atom is 0.236 e. The number of H-pyrrole nitrogens is 1. The van der Waals surface area contributed by atoms with Crippen LogP contribution in [0.2, 0.25) is 0 Å². The molecule has 3 aromatic rings. The molecule has 3 heteroatoms. The first-order valence-electron chi connectivity index (χ1n) is 6.79. The molecule has 106 valence electrons. The van der Waals surface area contributed by atoms with E-state index >= 15 is 0 Å². The number of rotatable bonds is 2. The third-order valence-corrected chi connectivity index (χ3v) is 3.17. The standard InChI is InChI=1S/C19H12FNO/c20-16-8-4-7-15(13-16)18-11-9-17(21-18)10-12-19(22)14-5-2-1-3-6-14/h1-9,11,13,21H. The van der Waals surface area contributed by atoms with Gasteiger partial charge >= 0.3 is 0 Å². The second kappa shape index (κ2) is 6.11. The molecule has 0 aliphatic carbocycles. The summed E-state index contributed by atoms with van der Waals surface area (Å²) in [4.78, 5) is 15.0. The van der Waals surface area contributed by atoms with Crippen molar-refractivity contribution in [1.82, 2.24) is 4.98 Å². The molecule has 0 spiro atoms. The lowest BCUT2D eigenvalue weighted by molar-refractivity contribution is 0.105. The number of carbonyl (C=O) groups is 1. The molecular formula is C19H12FNO. The second-order valence-electron chi connectivity index (χ2n) is 4.74. The van der Waals surface area contributed by atoms with E-state index in [0.717, 1.165) is 11.3 Å². The van der Waals surface area contributed by atoms with E-state index < -0.39 is 0 Å². The van der Waals surface area contributed by atoms with Gasteiger partial charge in [-0.1, -0.05) is 42.5 Å². The zero-order chi connectivity index (χ0) is 15.4. The molecule has 0 saturated heterocycles. The Morgan fingerprint density at radius 3 is 2.55 bits per heavy atom. The highest BCUT2D eigenvalue weighted by atomic mass is 19.1. The topological polar surface area (TPSA) is 32.9 Å². The normalized spacial score (nSPS) is 9.86. The van der Waals surface area contributed by atoms with Crippen molar-refractivity contribution in [2.75, 3.05) is 0 Å². The van der Waals surface area contributed by atoms with Gasteiger partial charge in [0.05, 0.1) is 5.69 Å². The SMILES string of the molecule is O=C(C#Cc1ccc(-c2cccc(F)c2)[nH]1)c1ccccc1. The van der Waals surface area contributed by atoms with E-state index in [1.165, 1.54) is 12.1 Å². The molecule has 0 unspecified atom stereocenters. The number of aromatic amines is 1. The lowest BCUT2D eigenvalue weighted by Gasteiger charge is -1.97. The molecule has 0 atom stereocenters. The number of ketones is 1. The summed E-state index contributed by atoms with van der Waals surface area (Å²) in [6, 6.07) is 18.8. The van der Waals surface area contributed by atoms with Gasteiger partial charge in [0, 0.05) is 16.8 Å². The quantitative estimate of drug-likeness (QED) is 0.560. The van der Waals surface area contributed by atoms with Crippen LogP contribution in [-0.2, 0) is 0 Å². The number of carbonyl (C=O) groups excluding carboxylic acids is 1. The first kappa shape index (κ1) is 13.8. The molecule has 0 amide bonds. The van der Waals surface area contributed by atoms with Gasteiger partial charge in [0.15, 0.2) is 0 Å². The smallest absolute Gasteiger partial charge is 0.236 e. The molecule has 3 rings (SSSR count). The minimum atomic E-state index is -0.293. The molecule has 2 nitrogen and oxygen atoms in total. The predicted octanol–water partition coefficient (Wildman–Crippen LogP) is 4.06. The van der Waals surface area contributed by atoms with E-state index in [-0.39, 0.29) is 11.6 Å². The van der Waals surface area contributed by atoms with Crippen molar-refractivity contribution in [3.8, 4) is 23.1 Å². The Morgan fingerprint density at radius 2 is 1.77 bits per heavy atom. The largest absolute Gasteiger partial charge is 0.348 e. The molecule has 0 fully saturated rings. The zero-order valence-electron chi connectivity index (χ0n) is 11.6. The first-order valence-corrected chi connectivity index (χ1v) is 6.79. The Labute approximate surface area is 127 Å². The zero-order valence-corrected chi connectivity index (χ0v) is 11.6. The highest BCUT2D eigenvalue weighted by molar-refractivity contribution is 6.09. The monoisotopic (exact) mass is 289 g/mol. The Morgan fingerprint density at radius 1 is 0.955 bits per heavy atom. The fourth-order valence-electron chi connectivity index (χ4n) is 2.08. The van der Waals surface area contributed by atoms with Crippen LogP contribution in [0.5, 0.6) is 0 Å². The highest BCUT2D eigenvalue weighted by Crippen LogP contribution is 2.19. The van der Waals surface area contributed by atoms with Crippen molar-refractivity contribution in [3.05, 3.63) is 83.8 Å². The van der Waals surface area contributed by atoms with Crippen molar-refractivity contribution in [3.63, 3.8) is 0 Å². The first-order chi connectivity index (χ1) is 10.7. The summed E-state index contributed by atoms with van der Waals surface area (Å²) in [6.45, 7) is 0. The number of hydrogen-bond acceptors (Lipinski definition) is 1. The van der Waals surface area contributed by atoms with Crippen LogP contribution < -0.4 is 0 Å². The van der Waals surface area contributed by atoms with Crippen LogP contribution in [0.1, 0.15) is 16.1 Å². The number of Topliss-reactive ketones (excluding diaryl/α,β-unsaturated/α-hetero) is 1. The van der Waals surface area contributed by atoms with Crippen LogP contribution in [0.25, 0.3) is 11.3 Å². The number of benzene rings is 2. The summed E-state index contributed by atoms with van der Waals surface area (Å²) in [7, 11) is 0. The van der Waals surface area contributed by atoms with E-state index in [9.17, 15) is 9.18 Å². The molecule has 0 radical (unpaired) electrons. The molecule has 22 heavy (non-hydrogen) atoms. The van der Waals surface area contributed by atoms with Crippen LogP contribution in [0.4, 0.5) is 4.39 Å². The van der Waals surface area contributed by atoms with Gasteiger partial charge in [-0.25, -0.2) is 4.39 Å². The summed E-state index contributed by atoms with van der Waals surface area (Å²) in [5, 5.41) is 0. The van der Waals surface area contributed by atoms with Gasteiger partial charge in [-0.05, 0) is 36.1 Å².